The van der Waals surface area contributed by atoms with Crippen molar-refractivity contribution in [1.82, 2.24) is 15.1 Å². The van der Waals surface area contributed by atoms with Crippen LogP contribution < -0.4 is 15.8 Å². The number of benzene rings is 1. The Labute approximate surface area is 202 Å². The minimum absolute atomic E-state index is 0.0599. The first-order valence-electron chi connectivity index (χ1n) is 9.90. The summed E-state index contributed by atoms with van der Waals surface area (Å²) in [6, 6.07) is 1.76. The molecule has 2 aromatic rings. The summed E-state index contributed by atoms with van der Waals surface area (Å²) in [4.78, 5) is 16.0. The molecule has 1 saturated carbocycles. The van der Waals surface area contributed by atoms with Gasteiger partial charge in [-0.2, -0.15) is 35.8 Å². The minimum atomic E-state index is -6.19. The monoisotopic (exact) mass is 545 g/mol. The molecule has 0 spiro atoms. The summed E-state index contributed by atoms with van der Waals surface area (Å²) in [5.41, 5.74) is 2.53. The van der Waals surface area contributed by atoms with E-state index in [-0.39, 0.29) is 27.8 Å². The van der Waals surface area contributed by atoms with Crippen molar-refractivity contribution in [3.8, 4) is 5.75 Å². The van der Waals surface area contributed by atoms with E-state index in [2.05, 4.69) is 20.1 Å². The van der Waals surface area contributed by atoms with Crippen LogP contribution in [0.4, 0.5) is 40.9 Å². The highest BCUT2D eigenvalue weighted by Crippen LogP contribution is 2.49. The molecule has 1 aliphatic carbocycles. The number of amides is 1. The predicted octanol–water partition coefficient (Wildman–Crippen LogP) is 5.06. The van der Waals surface area contributed by atoms with Gasteiger partial charge in [0.25, 0.3) is 5.91 Å². The van der Waals surface area contributed by atoms with E-state index in [0.717, 1.165) is 38.2 Å². The minimum Gasteiger partial charge on any atom is -0.428 e. The van der Waals surface area contributed by atoms with Gasteiger partial charge < -0.3 is 15.8 Å². The molecule has 3 N–H and O–H groups in total. The summed E-state index contributed by atoms with van der Waals surface area (Å²) in [6.45, 7) is -3.81. The third-order valence-electron chi connectivity index (χ3n) is 4.87. The van der Waals surface area contributed by atoms with Crippen LogP contribution in [0.15, 0.2) is 23.3 Å². The Morgan fingerprint density at radius 3 is 2.44 bits per heavy atom. The standard InChI is InChI=1S/C20H16ClF8N5O2/c1-34-16(14(36-18(23)24)15(33-34)19(25,26)20(27,28)29)31-7-8(6-30)10-4-11(12(21)5-13(10)22)17(35)32-9-2-3-9/h4-7,9,18H,2-3,30H2,1H3,(H,32,35). The van der Waals surface area contributed by atoms with Crippen molar-refractivity contribution in [3.63, 3.8) is 0 Å². The smallest absolute Gasteiger partial charge is 0.428 e. The highest BCUT2D eigenvalue weighted by molar-refractivity contribution is 6.34. The summed E-state index contributed by atoms with van der Waals surface area (Å²) in [5, 5.41) is 5.36. The Hall–Kier alpha value is -3.36. The summed E-state index contributed by atoms with van der Waals surface area (Å²) >= 11 is 5.95. The van der Waals surface area contributed by atoms with Crippen LogP contribution in [0, 0.1) is 5.82 Å². The SMILES string of the molecule is Cn1nc(C(F)(F)C(F)(F)F)c(OC(F)F)c1N=CC(=CN)c1cc(C(=O)NC2CC2)c(Cl)cc1F. The molecule has 7 nitrogen and oxygen atoms in total. The van der Waals surface area contributed by atoms with Gasteiger partial charge in [-0.05, 0) is 25.0 Å². The number of aryl methyl sites for hydroxylation is 1. The van der Waals surface area contributed by atoms with Crippen molar-refractivity contribution in [1.29, 1.82) is 0 Å². The average Bonchev–Trinajstić information content (AvgIpc) is 3.51. The van der Waals surface area contributed by atoms with Gasteiger partial charge >= 0.3 is 18.7 Å². The van der Waals surface area contributed by atoms with Gasteiger partial charge in [0.2, 0.25) is 0 Å². The second kappa shape index (κ2) is 9.95. The number of nitrogens with one attached hydrogen (secondary N) is 1. The molecular weight excluding hydrogens is 530 g/mol. The van der Waals surface area contributed by atoms with Crippen LogP contribution in [-0.2, 0) is 13.0 Å². The fourth-order valence-electron chi connectivity index (χ4n) is 2.94. The first-order valence-corrected chi connectivity index (χ1v) is 10.3. The zero-order chi connectivity index (χ0) is 27.0. The van der Waals surface area contributed by atoms with Gasteiger partial charge in [0, 0.05) is 36.6 Å². The lowest BCUT2D eigenvalue weighted by Crippen LogP contribution is -2.34. The zero-order valence-electron chi connectivity index (χ0n) is 18.0. The molecule has 0 unspecified atom stereocenters. The molecule has 0 radical (unpaired) electrons. The Kier molecular flexibility index (Phi) is 7.53. The molecule has 1 aromatic heterocycles. The number of alkyl halides is 7. The van der Waals surface area contributed by atoms with E-state index in [0.29, 0.717) is 10.9 Å². The topological polar surface area (TPSA) is 94.5 Å². The quantitative estimate of drug-likeness (QED) is 0.358. The first-order chi connectivity index (χ1) is 16.7. The second-order valence-electron chi connectivity index (χ2n) is 7.52. The van der Waals surface area contributed by atoms with E-state index in [4.69, 9.17) is 17.3 Å². The zero-order valence-corrected chi connectivity index (χ0v) is 18.8. The van der Waals surface area contributed by atoms with Gasteiger partial charge in [0.05, 0.1) is 10.6 Å². The van der Waals surface area contributed by atoms with Gasteiger partial charge in [-0.1, -0.05) is 11.6 Å². The van der Waals surface area contributed by atoms with Crippen molar-refractivity contribution in [3.05, 3.63) is 46.0 Å². The number of aliphatic imine (C=N–C) groups is 1. The van der Waals surface area contributed by atoms with E-state index in [1.54, 1.807) is 0 Å². The van der Waals surface area contributed by atoms with Crippen LogP contribution in [0.5, 0.6) is 5.75 Å². The first kappa shape index (κ1) is 27.2. The molecule has 0 aliphatic heterocycles. The highest BCUT2D eigenvalue weighted by atomic mass is 35.5. The van der Waals surface area contributed by atoms with Crippen LogP contribution in [0.25, 0.3) is 5.57 Å². The Morgan fingerprint density at radius 1 is 1.28 bits per heavy atom. The lowest BCUT2D eigenvalue weighted by Gasteiger charge is -2.18. The molecule has 36 heavy (non-hydrogen) atoms. The van der Waals surface area contributed by atoms with Crippen LogP contribution in [-0.4, -0.2) is 40.7 Å². The number of hydrogen-bond donors (Lipinski definition) is 2. The third kappa shape index (κ3) is 5.55. The fraction of sp³-hybridized carbons (Fsp3) is 0.350. The molecule has 3 rings (SSSR count). The number of nitrogens with two attached hydrogens (primary N) is 1. The molecule has 0 bridgehead atoms. The second-order valence-corrected chi connectivity index (χ2v) is 7.92. The number of nitrogens with zero attached hydrogens (tertiary/aromatic N) is 3. The predicted molar refractivity (Wildman–Crippen MR) is 112 cm³/mol. The van der Waals surface area contributed by atoms with Gasteiger partial charge in [0.1, 0.15) is 5.82 Å². The number of allylic oxidation sites excluding steroid dienone is 1. The normalized spacial score (nSPS) is 15.1. The van der Waals surface area contributed by atoms with Gasteiger partial charge in [0.15, 0.2) is 17.3 Å². The highest BCUT2D eigenvalue weighted by Gasteiger charge is 2.62. The molecule has 0 saturated heterocycles. The molecule has 0 atom stereocenters. The molecular formula is C20H16ClF8N5O2. The largest absolute Gasteiger partial charge is 0.459 e. The van der Waals surface area contributed by atoms with Crippen LogP contribution >= 0.6 is 11.6 Å². The number of halogens is 9. The van der Waals surface area contributed by atoms with Gasteiger partial charge in [-0.15, -0.1) is 0 Å². The van der Waals surface area contributed by atoms with Crippen molar-refractivity contribution in [2.75, 3.05) is 0 Å². The summed E-state index contributed by atoms with van der Waals surface area (Å²) in [6.07, 6.45) is -3.23. The maximum atomic E-state index is 14.6. The Morgan fingerprint density at radius 2 is 1.92 bits per heavy atom. The molecule has 1 aliphatic rings. The van der Waals surface area contributed by atoms with Crippen LogP contribution in [0.3, 0.4) is 0 Å². The van der Waals surface area contributed by atoms with Crippen molar-refractivity contribution < 1.29 is 44.7 Å². The third-order valence-corrected chi connectivity index (χ3v) is 5.18. The fourth-order valence-corrected chi connectivity index (χ4v) is 3.18. The van der Waals surface area contributed by atoms with E-state index in [1.165, 1.54) is 0 Å². The lowest BCUT2D eigenvalue weighted by molar-refractivity contribution is -0.291. The number of ether oxygens (including phenoxy) is 1. The number of carbonyl (C=O) groups is 1. The van der Waals surface area contributed by atoms with Crippen LogP contribution in [0.1, 0.15) is 34.5 Å². The number of hydrogen-bond acceptors (Lipinski definition) is 5. The summed E-state index contributed by atoms with van der Waals surface area (Å²) < 4.78 is 111. The Bertz CT molecular complexity index is 1220. The molecule has 1 amide bonds. The van der Waals surface area contributed by atoms with Crippen molar-refractivity contribution in [2.45, 2.75) is 37.6 Å². The molecule has 1 fully saturated rings. The molecule has 16 heteroatoms. The number of carbonyl (C=O) groups excluding carboxylic acids is 1. The van der Waals surface area contributed by atoms with Gasteiger partial charge in [-0.3, -0.25) is 4.79 Å². The lowest BCUT2D eigenvalue weighted by atomic mass is 10.0. The van der Waals surface area contributed by atoms with E-state index >= 15 is 0 Å². The molecule has 1 aromatic carbocycles. The van der Waals surface area contributed by atoms with Gasteiger partial charge in [-0.25, -0.2) is 14.1 Å². The summed E-state index contributed by atoms with van der Waals surface area (Å²) in [7, 11) is 0.843. The average molecular weight is 546 g/mol. The summed E-state index contributed by atoms with van der Waals surface area (Å²) in [5.74, 6) is -9.90. The Balaban J connectivity index is 2.04. The molecule has 196 valence electrons. The number of aromatic nitrogens is 2. The van der Waals surface area contributed by atoms with Crippen molar-refractivity contribution in [2.24, 2.45) is 17.8 Å². The maximum absolute atomic E-state index is 14.6. The van der Waals surface area contributed by atoms with E-state index < -0.39 is 47.7 Å². The van der Waals surface area contributed by atoms with E-state index in [9.17, 15) is 39.9 Å². The van der Waals surface area contributed by atoms with Crippen molar-refractivity contribution >= 4 is 35.1 Å². The van der Waals surface area contributed by atoms with Crippen LogP contribution in [0.2, 0.25) is 5.02 Å². The van der Waals surface area contributed by atoms with E-state index in [1.807, 2.05) is 0 Å². The maximum Gasteiger partial charge on any atom is 0.459 e. The molecule has 1 heterocycles. The number of rotatable bonds is 8.